The van der Waals surface area contributed by atoms with Gasteiger partial charge in [0.15, 0.2) is 5.96 Å². The van der Waals surface area contributed by atoms with Crippen molar-refractivity contribution in [3.05, 3.63) is 0 Å². The number of hydrogen-bond donors (Lipinski definition) is 14. The van der Waals surface area contributed by atoms with Crippen molar-refractivity contribution < 1.29 is 48.6 Å². The number of thioether (sulfide) groups is 1. The number of carboxylic acids is 1. The normalized spacial score (nSPS) is 16.8. The lowest BCUT2D eigenvalue weighted by molar-refractivity contribution is -0.143. The van der Waals surface area contributed by atoms with Gasteiger partial charge in [0.2, 0.25) is 41.4 Å². The number of carbonyl (C=O) groups excluding carboxylic acids is 7. The van der Waals surface area contributed by atoms with Gasteiger partial charge in [0.05, 0.1) is 12.6 Å². The van der Waals surface area contributed by atoms with Gasteiger partial charge in [-0.2, -0.15) is 24.4 Å². The van der Waals surface area contributed by atoms with E-state index in [9.17, 15) is 48.6 Å². The van der Waals surface area contributed by atoms with Crippen molar-refractivity contribution in [2.75, 3.05) is 30.9 Å². The summed E-state index contributed by atoms with van der Waals surface area (Å²) in [6.45, 7) is 5.63. The summed E-state index contributed by atoms with van der Waals surface area (Å²) in [5.74, 6) is -6.36. The lowest BCUT2D eigenvalue weighted by atomic mass is 9.84. The van der Waals surface area contributed by atoms with E-state index in [-0.39, 0.29) is 55.8 Å². The zero-order valence-corrected chi connectivity index (χ0v) is 37.6. The highest BCUT2D eigenvalue weighted by Gasteiger charge is 2.34. The van der Waals surface area contributed by atoms with Gasteiger partial charge in [-0.15, -0.1) is 0 Å². The average molecular weight is 904 g/mol. The number of amides is 7. The zero-order valence-electron chi connectivity index (χ0n) is 35.8. The number of nitrogens with two attached hydrogens (primary N) is 2. The fraction of sp³-hybridized carbons (Fsp3) is 0.763. The van der Waals surface area contributed by atoms with Crippen LogP contribution < -0.4 is 54.0 Å². The molecule has 0 unspecified atom stereocenters. The van der Waals surface area contributed by atoms with Crippen LogP contribution in [0.1, 0.15) is 91.9 Å². The van der Waals surface area contributed by atoms with Crippen molar-refractivity contribution in [3.8, 4) is 0 Å². The van der Waals surface area contributed by atoms with E-state index >= 15 is 0 Å². The molecule has 8 atom stereocenters. The molecule has 1 aliphatic carbocycles. The van der Waals surface area contributed by atoms with Crippen LogP contribution in [0, 0.1) is 17.2 Å². The number of carbonyl (C=O) groups is 8. The molecule has 1 saturated carbocycles. The molecular formula is C38H69N11O10S2. The van der Waals surface area contributed by atoms with Gasteiger partial charge in [0.25, 0.3) is 0 Å². The Morgan fingerprint density at radius 2 is 1.20 bits per heavy atom. The molecule has 0 heterocycles. The lowest BCUT2D eigenvalue weighted by Crippen LogP contribution is -2.60. The largest absolute Gasteiger partial charge is 0.480 e. The summed E-state index contributed by atoms with van der Waals surface area (Å²) in [6, 6.07) is -9.64. The molecule has 23 heteroatoms. The molecule has 0 aliphatic heterocycles. The number of carboxylic acid groups (broad SMARTS) is 1. The Bertz CT molecular complexity index is 1490. The quantitative estimate of drug-likeness (QED) is 0.0171. The van der Waals surface area contributed by atoms with Crippen LogP contribution >= 0.6 is 24.4 Å². The Morgan fingerprint density at radius 3 is 1.74 bits per heavy atom. The molecule has 1 fully saturated rings. The molecular weight excluding hydrogens is 835 g/mol. The van der Waals surface area contributed by atoms with Crippen LogP contribution in [0.4, 0.5) is 0 Å². The topological polar surface area (TPSA) is 349 Å². The van der Waals surface area contributed by atoms with Gasteiger partial charge in [0.1, 0.15) is 42.3 Å². The van der Waals surface area contributed by atoms with E-state index in [1.165, 1.54) is 25.6 Å². The van der Waals surface area contributed by atoms with Crippen LogP contribution in [-0.2, 0) is 38.4 Å². The molecule has 348 valence electrons. The number of guanidine groups is 1. The van der Waals surface area contributed by atoms with E-state index < -0.39 is 102 Å². The van der Waals surface area contributed by atoms with E-state index in [0.29, 0.717) is 12.2 Å². The second-order valence-corrected chi connectivity index (χ2v) is 17.1. The van der Waals surface area contributed by atoms with Crippen molar-refractivity contribution in [2.24, 2.45) is 23.3 Å². The number of nitrogens with one attached hydrogen (secondary N) is 9. The summed E-state index contributed by atoms with van der Waals surface area (Å²) < 4.78 is 0. The maximum atomic E-state index is 13.9. The molecule has 0 aromatic rings. The van der Waals surface area contributed by atoms with Gasteiger partial charge in [-0.3, -0.25) is 39.0 Å². The Hall–Kier alpha value is -4.35. The zero-order chi connectivity index (χ0) is 46.2. The molecule has 0 spiro atoms. The van der Waals surface area contributed by atoms with E-state index in [4.69, 9.17) is 16.9 Å². The van der Waals surface area contributed by atoms with Crippen molar-refractivity contribution in [2.45, 2.75) is 140 Å². The maximum Gasteiger partial charge on any atom is 0.326 e. The minimum atomic E-state index is -1.52. The van der Waals surface area contributed by atoms with Crippen LogP contribution in [-0.4, -0.2) is 143 Å². The molecule has 7 amide bonds. The highest BCUT2D eigenvalue weighted by atomic mass is 32.2. The summed E-state index contributed by atoms with van der Waals surface area (Å²) in [6.07, 6.45) is 7.43. The van der Waals surface area contributed by atoms with Gasteiger partial charge >= 0.3 is 5.97 Å². The Morgan fingerprint density at radius 1 is 0.705 bits per heavy atom. The minimum Gasteiger partial charge on any atom is -0.480 e. The smallest absolute Gasteiger partial charge is 0.326 e. The first-order valence-corrected chi connectivity index (χ1v) is 22.7. The number of hydrogen-bond acceptors (Lipinski definition) is 13. The van der Waals surface area contributed by atoms with Crippen molar-refractivity contribution >= 4 is 77.7 Å². The molecule has 1 rings (SSSR count). The van der Waals surface area contributed by atoms with Crippen molar-refractivity contribution in [1.29, 1.82) is 5.41 Å². The minimum absolute atomic E-state index is 0.0480. The van der Waals surface area contributed by atoms with E-state index in [1.807, 2.05) is 6.26 Å². The van der Waals surface area contributed by atoms with E-state index in [2.05, 4.69) is 55.2 Å². The molecule has 21 nitrogen and oxygen atoms in total. The predicted octanol–water partition coefficient (Wildman–Crippen LogP) is -2.21. The fourth-order valence-corrected chi connectivity index (χ4v) is 7.17. The maximum absolute atomic E-state index is 13.9. The molecule has 61 heavy (non-hydrogen) atoms. The summed E-state index contributed by atoms with van der Waals surface area (Å²) >= 11 is 5.60. The fourth-order valence-electron chi connectivity index (χ4n) is 6.42. The third kappa shape index (κ3) is 21.3. The second kappa shape index (κ2) is 29.0. The first-order chi connectivity index (χ1) is 28.7. The number of thiol groups is 1. The average Bonchev–Trinajstić information content (AvgIpc) is 3.20. The highest BCUT2D eigenvalue weighted by molar-refractivity contribution is 7.98. The molecule has 1 aliphatic rings. The van der Waals surface area contributed by atoms with Gasteiger partial charge in [0, 0.05) is 12.3 Å². The van der Waals surface area contributed by atoms with Crippen molar-refractivity contribution in [1.82, 2.24) is 42.5 Å². The highest BCUT2D eigenvalue weighted by Crippen LogP contribution is 2.27. The van der Waals surface area contributed by atoms with Crippen LogP contribution in [0.15, 0.2) is 0 Å². The van der Waals surface area contributed by atoms with Gasteiger partial charge in [-0.25, -0.2) is 4.79 Å². The van der Waals surface area contributed by atoms with Crippen LogP contribution in [0.25, 0.3) is 0 Å². The van der Waals surface area contributed by atoms with Crippen LogP contribution in [0.3, 0.4) is 0 Å². The lowest BCUT2D eigenvalue weighted by Gasteiger charge is -2.29. The molecule has 0 saturated heterocycles. The number of rotatable bonds is 28. The Balaban J connectivity index is 3.06. The molecule has 0 bridgehead atoms. The number of aliphatic hydroxyl groups is 1. The SMILES string of the molecule is CSCC[C@H](N)C(=O)N[C@@H](CS)C(=O)N[C@@H](CO)C(=O)N[C@@H](C)C(=O)N[C@@H](C)C(=O)N[C@@H](CC1CCCCC1)C(=O)N[C@@H](CCCNC(=N)N)C(=O)N[C@@H](CC(C)C)C(=O)O. The summed E-state index contributed by atoms with van der Waals surface area (Å²) in [7, 11) is 0. The van der Waals surface area contributed by atoms with Gasteiger partial charge < -0.3 is 64.2 Å². The van der Waals surface area contributed by atoms with Crippen LogP contribution in [0.2, 0.25) is 0 Å². The first kappa shape index (κ1) is 54.7. The third-order valence-corrected chi connectivity index (χ3v) is 11.0. The van der Waals surface area contributed by atoms with Crippen molar-refractivity contribution in [3.63, 3.8) is 0 Å². The monoisotopic (exact) mass is 903 g/mol. The van der Waals surface area contributed by atoms with Gasteiger partial charge in [-0.05, 0) is 69.8 Å². The van der Waals surface area contributed by atoms with E-state index in [1.54, 1.807) is 13.8 Å². The predicted molar refractivity (Wildman–Crippen MR) is 234 cm³/mol. The number of aliphatic carboxylic acids is 1. The molecule has 0 aromatic heterocycles. The molecule has 0 aromatic carbocycles. The third-order valence-electron chi connectivity index (χ3n) is 9.97. The molecule has 0 radical (unpaired) electrons. The Labute approximate surface area is 367 Å². The molecule has 15 N–H and O–H groups in total. The number of aliphatic hydroxyl groups excluding tert-OH is 1. The summed E-state index contributed by atoms with van der Waals surface area (Å²) in [5.41, 5.74) is 11.2. The van der Waals surface area contributed by atoms with Crippen LogP contribution in [0.5, 0.6) is 0 Å². The first-order valence-electron chi connectivity index (χ1n) is 20.6. The van der Waals surface area contributed by atoms with E-state index in [0.717, 1.165) is 32.1 Å². The summed E-state index contributed by atoms with van der Waals surface area (Å²) in [4.78, 5) is 104. The second-order valence-electron chi connectivity index (χ2n) is 15.7. The summed E-state index contributed by atoms with van der Waals surface area (Å²) in [5, 5.41) is 47.2. The standard InChI is InChI=1S/C38H69N11O10S2/c1-20(2)16-27(37(58)59)47-33(54)25(12-9-14-42-38(40)41)45-34(55)26(17-23-10-7-6-8-11-23)46-31(52)22(4)43-30(51)21(3)44-35(56)28(18-50)48-36(57)29(19-60)49-32(53)24(39)13-15-61-5/h20-29,50,60H,6-19,39H2,1-5H3,(H,43,51)(H,44,56)(H,45,55)(H,46,52)(H,47,54)(H,48,57)(H,49,53)(H,58,59)(H4,40,41,42)/t21-,22-,24-,25-,26-,27-,28-,29-/m0/s1. The van der Waals surface area contributed by atoms with Gasteiger partial charge in [-0.1, -0.05) is 46.0 Å². The Kier molecular flexibility index (Phi) is 26.0.